The zero-order valence-electron chi connectivity index (χ0n) is 10.1. The van der Waals surface area contributed by atoms with Crippen LogP contribution in [0.5, 0.6) is 0 Å². The van der Waals surface area contributed by atoms with Crippen LogP contribution >= 0.6 is 0 Å². The van der Waals surface area contributed by atoms with E-state index in [2.05, 4.69) is 50.8 Å². The molecule has 0 radical (unpaired) electrons. The van der Waals surface area contributed by atoms with E-state index in [4.69, 9.17) is 0 Å². The number of benzene rings is 1. The molecule has 0 aliphatic heterocycles. The third-order valence-electron chi connectivity index (χ3n) is 3.26. The van der Waals surface area contributed by atoms with Crippen LogP contribution in [-0.2, 0) is 0 Å². The number of hydrogen-bond donors (Lipinski definition) is 0. The summed E-state index contributed by atoms with van der Waals surface area (Å²) in [4.78, 5) is 0. The van der Waals surface area contributed by atoms with Gasteiger partial charge in [0.2, 0.25) is 0 Å². The minimum atomic E-state index is 1.11. The van der Waals surface area contributed by atoms with Crippen molar-refractivity contribution in [1.29, 1.82) is 0 Å². The number of hydrogen-bond acceptors (Lipinski definition) is 0. The van der Waals surface area contributed by atoms with Gasteiger partial charge in [0, 0.05) is 0 Å². The molecule has 0 heterocycles. The fourth-order valence-corrected chi connectivity index (χ4v) is 2.08. The summed E-state index contributed by atoms with van der Waals surface area (Å²) < 4.78 is 0. The second-order valence-corrected chi connectivity index (χ2v) is 4.32. The van der Waals surface area contributed by atoms with E-state index in [9.17, 15) is 0 Å². The second-order valence-electron chi connectivity index (χ2n) is 4.32. The zero-order valence-corrected chi connectivity index (χ0v) is 10.1. The SMILES string of the molecule is C=Cc1cc(C2=CC=C(CC)C2)ccc1C. The van der Waals surface area contributed by atoms with Crippen LogP contribution in [-0.4, -0.2) is 0 Å². The molecule has 82 valence electrons. The van der Waals surface area contributed by atoms with Crippen molar-refractivity contribution in [1.82, 2.24) is 0 Å². The molecule has 0 spiro atoms. The van der Waals surface area contributed by atoms with E-state index in [0.29, 0.717) is 0 Å². The summed E-state index contributed by atoms with van der Waals surface area (Å²) in [5.74, 6) is 0. The van der Waals surface area contributed by atoms with Gasteiger partial charge in [-0.25, -0.2) is 0 Å². The Hall–Kier alpha value is -1.56. The first kappa shape index (κ1) is 10.9. The highest BCUT2D eigenvalue weighted by molar-refractivity contribution is 5.74. The Bertz CT molecular complexity index is 473. The van der Waals surface area contributed by atoms with Crippen LogP contribution in [0.3, 0.4) is 0 Å². The average molecular weight is 210 g/mol. The van der Waals surface area contributed by atoms with Gasteiger partial charge in [0.25, 0.3) is 0 Å². The lowest BCUT2D eigenvalue weighted by atomic mass is 9.97. The van der Waals surface area contributed by atoms with Gasteiger partial charge < -0.3 is 0 Å². The summed E-state index contributed by atoms with van der Waals surface area (Å²) in [5.41, 5.74) is 6.82. The van der Waals surface area contributed by atoms with Gasteiger partial charge in [0.1, 0.15) is 0 Å². The van der Waals surface area contributed by atoms with Gasteiger partial charge in [-0.1, -0.05) is 49.4 Å². The molecule has 1 aromatic carbocycles. The van der Waals surface area contributed by atoms with E-state index in [0.717, 1.165) is 12.8 Å². The predicted octanol–water partition coefficient (Wildman–Crippen LogP) is 4.76. The molecule has 0 fully saturated rings. The molecule has 16 heavy (non-hydrogen) atoms. The van der Waals surface area contributed by atoms with E-state index < -0.39 is 0 Å². The topological polar surface area (TPSA) is 0 Å². The number of aryl methyl sites for hydroxylation is 1. The van der Waals surface area contributed by atoms with Crippen molar-refractivity contribution >= 4 is 11.6 Å². The summed E-state index contributed by atoms with van der Waals surface area (Å²) in [5, 5.41) is 0. The molecule has 0 aromatic heterocycles. The Morgan fingerprint density at radius 3 is 2.75 bits per heavy atom. The van der Waals surface area contributed by atoms with Crippen molar-refractivity contribution in [2.24, 2.45) is 0 Å². The lowest BCUT2D eigenvalue weighted by Gasteiger charge is -2.07. The zero-order chi connectivity index (χ0) is 11.5. The van der Waals surface area contributed by atoms with Crippen molar-refractivity contribution < 1.29 is 0 Å². The summed E-state index contributed by atoms with van der Waals surface area (Å²) >= 11 is 0. The normalized spacial score (nSPS) is 14.6. The monoisotopic (exact) mass is 210 g/mol. The third-order valence-corrected chi connectivity index (χ3v) is 3.26. The van der Waals surface area contributed by atoms with Gasteiger partial charge in [-0.3, -0.25) is 0 Å². The maximum Gasteiger partial charge on any atom is -0.00581 e. The van der Waals surface area contributed by atoms with Crippen LogP contribution in [0.15, 0.2) is 42.5 Å². The molecule has 0 unspecified atom stereocenters. The Morgan fingerprint density at radius 1 is 1.31 bits per heavy atom. The fourth-order valence-electron chi connectivity index (χ4n) is 2.08. The summed E-state index contributed by atoms with van der Waals surface area (Å²) in [7, 11) is 0. The minimum Gasteiger partial charge on any atom is -0.0985 e. The van der Waals surface area contributed by atoms with Crippen molar-refractivity contribution in [3.8, 4) is 0 Å². The van der Waals surface area contributed by atoms with Crippen LogP contribution in [0.2, 0.25) is 0 Å². The average Bonchev–Trinajstić information content (AvgIpc) is 2.78. The van der Waals surface area contributed by atoms with Crippen molar-refractivity contribution in [3.05, 3.63) is 59.2 Å². The van der Waals surface area contributed by atoms with Crippen molar-refractivity contribution in [3.63, 3.8) is 0 Å². The van der Waals surface area contributed by atoms with Crippen molar-refractivity contribution in [2.45, 2.75) is 26.7 Å². The first-order valence-corrected chi connectivity index (χ1v) is 5.86. The fraction of sp³-hybridized carbons (Fsp3) is 0.250. The molecule has 1 aliphatic carbocycles. The van der Waals surface area contributed by atoms with Gasteiger partial charge in [0.15, 0.2) is 0 Å². The molecule has 0 heteroatoms. The van der Waals surface area contributed by atoms with E-state index >= 15 is 0 Å². The molecule has 1 aromatic rings. The van der Waals surface area contributed by atoms with E-state index in [1.807, 2.05) is 6.08 Å². The quantitative estimate of drug-likeness (QED) is 0.674. The molecule has 0 saturated carbocycles. The molecular formula is C16H18. The number of rotatable bonds is 3. The molecule has 0 N–H and O–H groups in total. The van der Waals surface area contributed by atoms with Gasteiger partial charge >= 0.3 is 0 Å². The highest BCUT2D eigenvalue weighted by Crippen LogP contribution is 2.30. The van der Waals surface area contributed by atoms with Gasteiger partial charge in [0.05, 0.1) is 0 Å². The Morgan fingerprint density at radius 2 is 2.12 bits per heavy atom. The molecule has 2 rings (SSSR count). The molecule has 0 amide bonds. The van der Waals surface area contributed by atoms with Crippen LogP contribution in [0.4, 0.5) is 0 Å². The lowest BCUT2D eigenvalue weighted by Crippen LogP contribution is -1.87. The standard InChI is InChI=1S/C16H18/c1-4-13-7-9-15(10-13)16-8-6-12(3)14(5-2)11-16/h5-9,11H,2,4,10H2,1,3H3. The maximum atomic E-state index is 3.86. The largest absolute Gasteiger partial charge is 0.0985 e. The summed E-state index contributed by atoms with van der Waals surface area (Å²) in [6, 6.07) is 6.62. The van der Waals surface area contributed by atoms with Crippen LogP contribution in [0, 0.1) is 6.92 Å². The van der Waals surface area contributed by atoms with Crippen LogP contribution in [0.1, 0.15) is 36.5 Å². The molecule has 0 saturated heterocycles. The van der Waals surface area contributed by atoms with E-state index in [1.165, 1.54) is 27.8 Å². The summed E-state index contributed by atoms with van der Waals surface area (Å²) in [6.07, 6.45) is 8.69. The second kappa shape index (κ2) is 4.52. The van der Waals surface area contributed by atoms with Crippen molar-refractivity contribution in [2.75, 3.05) is 0 Å². The lowest BCUT2D eigenvalue weighted by molar-refractivity contribution is 1.06. The first-order chi connectivity index (χ1) is 7.74. The smallest absolute Gasteiger partial charge is 0.00581 e. The first-order valence-electron chi connectivity index (χ1n) is 5.86. The Labute approximate surface area is 98.0 Å². The van der Waals surface area contributed by atoms with Gasteiger partial charge in [-0.2, -0.15) is 0 Å². The molecular weight excluding hydrogens is 192 g/mol. The van der Waals surface area contributed by atoms with Crippen LogP contribution < -0.4 is 0 Å². The molecule has 1 aliphatic rings. The third kappa shape index (κ3) is 2.01. The summed E-state index contributed by atoms with van der Waals surface area (Å²) in [6.45, 7) is 8.20. The highest BCUT2D eigenvalue weighted by atomic mass is 14.1. The highest BCUT2D eigenvalue weighted by Gasteiger charge is 2.09. The molecule has 0 atom stereocenters. The molecule has 0 nitrogen and oxygen atoms in total. The van der Waals surface area contributed by atoms with E-state index in [1.54, 1.807) is 0 Å². The molecule has 0 bridgehead atoms. The minimum absolute atomic E-state index is 1.11. The Balaban J connectivity index is 2.27. The van der Waals surface area contributed by atoms with Gasteiger partial charge in [-0.15, -0.1) is 0 Å². The maximum absolute atomic E-state index is 3.86. The number of allylic oxidation sites excluding steroid dienone is 4. The van der Waals surface area contributed by atoms with Crippen LogP contribution in [0.25, 0.3) is 11.6 Å². The predicted molar refractivity (Wildman–Crippen MR) is 72.2 cm³/mol. The Kier molecular flexibility index (Phi) is 3.09. The van der Waals surface area contributed by atoms with Gasteiger partial charge in [-0.05, 0) is 48.1 Å². The van der Waals surface area contributed by atoms with E-state index in [-0.39, 0.29) is 0 Å².